The molecule has 4 aromatic rings. The van der Waals surface area contributed by atoms with Crippen molar-refractivity contribution in [3.63, 3.8) is 0 Å². The number of aromatic nitrogens is 4. The Kier molecular flexibility index (Phi) is 7.27. The first-order chi connectivity index (χ1) is 15.7. The molecule has 0 N–H and O–H groups in total. The van der Waals surface area contributed by atoms with Crippen LogP contribution in [0, 0.1) is 0 Å². The summed E-state index contributed by atoms with van der Waals surface area (Å²) in [4.78, 5) is 17.6. The molecule has 0 aliphatic carbocycles. The van der Waals surface area contributed by atoms with Gasteiger partial charge in [0.2, 0.25) is 0 Å². The van der Waals surface area contributed by atoms with Crippen molar-refractivity contribution in [2.75, 3.05) is 0 Å². The maximum absolute atomic E-state index is 6.00. The van der Waals surface area contributed by atoms with E-state index in [2.05, 4.69) is 19.9 Å². The second-order valence-electron chi connectivity index (χ2n) is 7.57. The lowest BCUT2D eigenvalue weighted by molar-refractivity contribution is -0.0687. The molecule has 0 aliphatic rings. The highest BCUT2D eigenvalue weighted by atomic mass is 16.5. The molecule has 0 spiro atoms. The SMILES string of the molecule is C[C@@H](OCc1ccc(-c2ccccn2)nc1)[C@@H](C)OCc1ccc(-c2ccccn2)nc1. The fraction of sp³-hybridized carbons (Fsp3) is 0.231. The summed E-state index contributed by atoms with van der Waals surface area (Å²) in [7, 11) is 0. The van der Waals surface area contributed by atoms with Crippen molar-refractivity contribution in [1.29, 1.82) is 0 Å². The Bertz CT molecular complexity index is 997. The van der Waals surface area contributed by atoms with Crippen LogP contribution in [0.3, 0.4) is 0 Å². The molecule has 0 aliphatic heterocycles. The normalized spacial score (nSPS) is 12.9. The van der Waals surface area contributed by atoms with Gasteiger partial charge in [-0.25, -0.2) is 0 Å². The monoisotopic (exact) mass is 426 g/mol. The number of nitrogens with zero attached hydrogens (tertiary/aromatic N) is 4. The van der Waals surface area contributed by atoms with Crippen LogP contribution in [0.5, 0.6) is 0 Å². The topological polar surface area (TPSA) is 70.0 Å². The Balaban J connectivity index is 1.24. The second kappa shape index (κ2) is 10.7. The molecular weight excluding hydrogens is 400 g/mol. The first-order valence-electron chi connectivity index (χ1n) is 10.6. The molecule has 4 rings (SSSR count). The minimum absolute atomic E-state index is 0.0637. The molecular formula is C26H26N4O2. The molecule has 0 saturated heterocycles. The molecule has 0 amide bonds. The largest absolute Gasteiger partial charge is 0.371 e. The average Bonchev–Trinajstić information content (AvgIpc) is 2.87. The van der Waals surface area contributed by atoms with Crippen LogP contribution in [0.25, 0.3) is 22.8 Å². The molecule has 0 bridgehead atoms. The number of hydrogen-bond donors (Lipinski definition) is 0. The molecule has 6 nitrogen and oxygen atoms in total. The van der Waals surface area contributed by atoms with Crippen LogP contribution in [0.4, 0.5) is 0 Å². The predicted octanol–water partition coefficient (Wildman–Crippen LogP) is 5.11. The van der Waals surface area contributed by atoms with Crippen molar-refractivity contribution in [2.45, 2.75) is 39.3 Å². The van der Waals surface area contributed by atoms with E-state index in [0.717, 1.165) is 33.9 Å². The van der Waals surface area contributed by atoms with Crippen LogP contribution in [0.2, 0.25) is 0 Å². The summed E-state index contributed by atoms with van der Waals surface area (Å²) in [5, 5.41) is 0. The predicted molar refractivity (Wildman–Crippen MR) is 123 cm³/mol. The van der Waals surface area contributed by atoms with Gasteiger partial charge in [-0.1, -0.05) is 24.3 Å². The lowest BCUT2D eigenvalue weighted by atomic mass is 10.2. The fourth-order valence-electron chi connectivity index (χ4n) is 3.08. The molecule has 162 valence electrons. The Labute approximate surface area is 188 Å². The van der Waals surface area contributed by atoms with Crippen LogP contribution in [0.1, 0.15) is 25.0 Å². The smallest absolute Gasteiger partial charge is 0.0886 e. The van der Waals surface area contributed by atoms with Gasteiger partial charge in [0, 0.05) is 24.8 Å². The minimum Gasteiger partial charge on any atom is -0.371 e. The second-order valence-corrected chi connectivity index (χ2v) is 7.57. The first kappa shape index (κ1) is 21.7. The van der Waals surface area contributed by atoms with Gasteiger partial charge in [-0.05, 0) is 61.4 Å². The van der Waals surface area contributed by atoms with Crippen LogP contribution in [-0.4, -0.2) is 32.1 Å². The summed E-state index contributed by atoms with van der Waals surface area (Å²) in [6.45, 7) is 4.99. The molecule has 4 aromatic heterocycles. The van der Waals surface area contributed by atoms with Crippen molar-refractivity contribution in [3.8, 4) is 22.8 Å². The van der Waals surface area contributed by atoms with Gasteiger partial charge in [0.15, 0.2) is 0 Å². The van der Waals surface area contributed by atoms with Crippen LogP contribution in [0.15, 0.2) is 85.5 Å². The van der Waals surface area contributed by atoms with Crippen LogP contribution in [-0.2, 0) is 22.7 Å². The van der Waals surface area contributed by atoms with Gasteiger partial charge in [-0.3, -0.25) is 19.9 Å². The maximum Gasteiger partial charge on any atom is 0.0886 e. The van der Waals surface area contributed by atoms with E-state index in [1.807, 2.05) is 86.9 Å². The zero-order valence-corrected chi connectivity index (χ0v) is 18.3. The highest BCUT2D eigenvalue weighted by Gasteiger charge is 2.14. The summed E-state index contributed by atoms with van der Waals surface area (Å²) < 4.78 is 12.0. The summed E-state index contributed by atoms with van der Waals surface area (Å²) in [5.74, 6) is 0. The van der Waals surface area contributed by atoms with Crippen LogP contribution < -0.4 is 0 Å². The molecule has 0 aromatic carbocycles. The van der Waals surface area contributed by atoms with Crippen molar-refractivity contribution < 1.29 is 9.47 Å². The Morgan fingerprint density at radius 3 is 1.34 bits per heavy atom. The highest BCUT2D eigenvalue weighted by molar-refractivity contribution is 5.54. The van der Waals surface area contributed by atoms with E-state index in [9.17, 15) is 0 Å². The third-order valence-corrected chi connectivity index (χ3v) is 5.19. The number of ether oxygens (including phenoxy) is 2. The standard InChI is InChI=1S/C26H26N4O2/c1-19(31-17-21-9-11-25(29-15-21)23-7-3-5-13-27-23)20(2)32-18-22-10-12-26(30-16-22)24-8-4-6-14-28-24/h3-16,19-20H,17-18H2,1-2H3/t19-,20-/m1/s1. The molecule has 0 saturated carbocycles. The lowest BCUT2D eigenvalue weighted by Gasteiger charge is -2.21. The third-order valence-electron chi connectivity index (χ3n) is 5.19. The van der Waals surface area contributed by atoms with E-state index in [-0.39, 0.29) is 12.2 Å². The average molecular weight is 427 g/mol. The Hall–Kier alpha value is -3.48. The molecule has 0 radical (unpaired) electrons. The van der Waals surface area contributed by atoms with E-state index >= 15 is 0 Å². The van der Waals surface area contributed by atoms with Gasteiger partial charge < -0.3 is 9.47 Å². The van der Waals surface area contributed by atoms with Crippen molar-refractivity contribution in [3.05, 3.63) is 96.6 Å². The quantitative estimate of drug-likeness (QED) is 0.370. The van der Waals surface area contributed by atoms with Gasteiger partial charge in [-0.2, -0.15) is 0 Å². The summed E-state index contributed by atoms with van der Waals surface area (Å²) >= 11 is 0. The summed E-state index contributed by atoms with van der Waals surface area (Å²) in [6, 6.07) is 19.6. The maximum atomic E-state index is 6.00. The Morgan fingerprint density at radius 2 is 1.00 bits per heavy atom. The molecule has 6 heteroatoms. The van der Waals surface area contributed by atoms with Crippen molar-refractivity contribution >= 4 is 0 Å². The van der Waals surface area contributed by atoms with E-state index in [0.29, 0.717) is 13.2 Å². The van der Waals surface area contributed by atoms with E-state index in [1.165, 1.54) is 0 Å². The highest BCUT2D eigenvalue weighted by Crippen LogP contribution is 2.17. The zero-order valence-electron chi connectivity index (χ0n) is 18.3. The van der Waals surface area contributed by atoms with E-state index < -0.39 is 0 Å². The van der Waals surface area contributed by atoms with E-state index in [4.69, 9.17) is 9.47 Å². The molecule has 2 atom stereocenters. The van der Waals surface area contributed by atoms with Crippen molar-refractivity contribution in [2.24, 2.45) is 0 Å². The van der Waals surface area contributed by atoms with Gasteiger partial charge in [0.25, 0.3) is 0 Å². The summed E-state index contributed by atoms with van der Waals surface area (Å²) in [6.07, 6.45) is 7.07. The van der Waals surface area contributed by atoms with E-state index in [1.54, 1.807) is 12.4 Å². The zero-order chi connectivity index (χ0) is 22.2. The summed E-state index contributed by atoms with van der Waals surface area (Å²) in [5.41, 5.74) is 5.44. The molecule has 0 unspecified atom stereocenters. The van der Waals surface area contributed by atoms with Crippen molar-refractivity contribution in [1.82, 2.24) is 19.9 Å². The first-order valence-corrected chi connectivity index (χ1v) is 10.6. The fourth-order valence-corrected chi connectivity index (χ4v) is 3.08. The lowest BCUT2D eigenvalue weighted by Crippen LogP contribution is -2.26. The van der Waals surface area contributed by atoms with Crippen LogP contribution >= 0.6 is 0 Å². The number of hydrogen-bond acceptors (Lipinski definition) is 6. The third kappa shape index (κ3) is 5.81. The van der Waals surface area contributed by atoms with Gasteiger partial charge in [-0.15, -0.1) is 0 Å². The van der Waals surface area contributed by atoms with Gasteiger partial charge in [0.1, 0.15) is 0 Å². The Morgan fingerprint density at radius 1 is 0.562 bits per heavy atom. The molecule has 0 fully saturated rings. The number of pyridine rings is 4. The molecule has 32 heavy (non-hydrogen) atoms. The minimum atomic E-state index is -0.0637. The van der Waals surface area contributed by atoms with Gasteiger partial charge in [0.05, 0.1) is 48.2 Å². The molecule has 4 heterocycles. The number of rotatable bonds is 9. The van der Waals surface area contributed by atoms with Gasteiger partial charge >= 0.3 is 0 Å².